The van der Waals surface area contributed by atoms with Crippen molar-refractivity contribution in [2.45, 2.75) is 24.2 Å². The third-order valence-electron chi connectivity index (χ3n) is 4.59. The molecule has 28 heavy (non-hydrogen) atoms. The largest absolute Gasteiger partial charge is 0.393 e. The van der Waals surface area contributed by atoms with E-state index in [-0.39, 0.29) is 11.4 Å². The second-order valence-electron chi connectivity index (χ2n) is 6.22. The molecule has 2 saturated heterocycles. The van der Waals surface area contributed by atoms with Crippen molar-refractivity contribution < 1.29 is 28.9 Å². The number of aliphatic hydroxyl groups is 2. The van der Waals surface area contributed by atoms with Crippen molar-refractivity contribution in [2.24, 2.45) is 5.11 Å². The highest BCUT2D eigenvalue weighted by Gasteiger charge is 2.56. The van der Waals surface area contributed by atoms with Gasteiger partial charge in [-0.2, -0.15) is 4.98 Å². The first-order valence-electron chi connectivity index (χ1n) is 8.27. The molecule has 0 aliphatic carbocycles. The van der Waals surface area contributed by atoms with Crippen LogP contribution < -0.4 is 11.4 Å². The van der Waals surface area contributed by atoms with E-state index < -0.39 is 42.4 Å². The number of ether oxygens (including phenoxy) is 2. The van der Waals surface area contributed by atoms with Crippen LogP contribution in [0.1, 0.15) is 16.6 Å². The van der Waals surface area contributed by atoms with Crippen LogP contribution in [-0.4, -0.2) is 81.5 Å². The van der Waals surface area contributed by atoms with Gasteiger partial charge in [-0.05, 0) is 5.53 Å². The maximum absolute atomic E-state index is 14.6. The number of alkyl halides is 1. The quantitative estimate of drug-likeness (QED) is 0.310. The Bertz CT molecular complexity index is 868. The molecule has 3 rings (SSSR count). The highest BCUT2D eigenvalue weighted by Crippen LogP contribution is 2.39. The Hall–Kier alpha value is -2.77. The van der Waals surface area contributed by atoms with Gasteiger partial charge < -0.3 is 30.3 Å². The molecule has 1 aromatic rings. The first-order valence-corrected chi connectivity index (χ1v) is 8.27. The van der Waals surface area contributed by atoms with Crippen LogP contribution in [0.15, 0.2) is 16.1 Å². The van der Waals surface area contributed by atoms with E-state index in [1.807, 2.05) is 0 Å². The lowest BCUT2D eigenvalue weighted by Crippen LogP contribution is -2.43. The maximum atomic E-state index is 14.6. The van der Waals surface area contributed by atoms with E-state index in [0.717, 1.165) is 6.20 Å². The van der Waals surface area contributed by atoms with Crippen molar-refractivity contribution in [3.05, 3.63) is 32.7 Å². The molecule has 1 aromatic heterocycles. The monoisotopic (exact) mass is 399 g/mol. The SMILES string of the molecule is [N-]=[N+]=N[C@]1(CO)O[C@@H](n2cc(C(=O)N3CCOCC3)c(N)nc2=O)[C@@H](F)[C@@H]1O. The lowest BCUT2D eigenvalue weighted by Gasteiger charge is -2.27. The van der Waals surface area contributed by atoms with E-state index >= 15 is 0 Å². The van der Waals surface area contributed by atoms with Crippen LogP contribution in [0, 0.1) is 0 Å². The van der Waals surface area contributed by atoms with Gasteiger partial charge in [0.05, 0.1) is 25.4 Å². The minimum absolute atomic E-state index is 0.169. The molecule has 0 unspecified atom stereocenters. The third-order valence-corrected chi connectivity index (χ3v) is 4.59. The van der Waals surface area contributed by atoms with Crippen LogP contribution in [-0.2, 0) is 9.47 Å². The number of azide groups is 1. The fourth-order valence-electron chi connectivity index (χ4n) is 3.04. The second kappa shape index (κ2) is 7.69. The van der Waals surface area contributed by atoms with Crippen molar-refractivity contribution in [3.63, 3.8) is 0 Å². The number of carbonyl (C=O) groups excluding carboxylic acids is 1. The van der Waals surface area contributed by atoms with E-state index in [4.69, 9.17) is 20.7 Å². The Morgan fingerprint density at radius 2 is 2.21 bits per heavy atom. The summed E-state index contributed by atoms with van der Waals surface area (Å²) in [7, 11) is 0. The van der Waals surface area contributed by atoms with Gasteiger partial charge in [0.15, 0.2) is 12.4 Å². The normalized spacial score (nSPS) is 30.1. The third kappa shape index (κ3) is 3.27. The molecule has 2 aliphatic rings. The average molecular weight is 399 g/mol. The summed E-state index contributed by atoms with van der Waals surface area (Å²) >= 11 is 0. The number of nitrogens with two attached hydrogens (primary N) is 1. The fraction of sp³-hybridized carbons (Fsp3) is 0.643. The predicted octanol–water partition coefficient (Wildman–Crippen LogP) is -1.48. The van der Waals surface area contributed by atoms with Crippen molar-refractivity contribution in [2.75, 3.05) is 38.6 Å². The molecule has 152 valence electrons. The number of hydrogen-bond acceptors (Lipinski definition) is 9. The number of anilines is 1. The van der Waals surface area contributed by atoms with E-state index in [2.05, 4.69) is 15.0 Å². The number of nitrogens with zero attached hydrogens (tertiary/aromatic N) is 6. The molecular weight excluding hydrogens is 381 g/mol. The first kappa shape index (κ1) is 20.0. The van der Waals surface area contributed by atoms with Crippen LogP contribution in [0.5, 0.6) is 0 Å². The van der Waals surface area contributed by atoms with Gasteiger partial charge in [-0.1, -0.05) is 5.11 Å². The van der Waals surface area contributed by atoms with Crippen molar-refractivity contribution in [1.29, 1.82) is 0 Å². The summed E-state index contributed by atoms with van der Waals surface area (Å²) in [6.45, 7) is 0.215. The average Bonchev–Trinajstić information content (AvgIpc) is 2.94. The molecule has 14 heteroatoms. The summed E-state index contributed by atoms with van der Waals surface area (Å²) in [5.41, 5.74) is 10.8. The molecule has 4 atom stereocenters. The van der Waals surface area contributed by atoms with Crippen LogP contribution in [0.25, 0.3) is 10.4 Å². The molecule has 0 radical (unpaired) electrons. The fourth-order valence-corrected chi connectivity index (χ4v) is 3.04. The first-order chi connectivity index (χ1) is 13.3. The lowest BCUT2D eigenvalue weighted by atomic mass is 10.1. The van der Waals surface area contributed by atoms with Gasteiger partial charge in [0, 0.05) is 24.2 Å². The Balaban J connectivity index is 1.99. The van der Waals surface area contributed by atoms with Crippen LogP contribution >= 0.6 is 0 Å². The number of carbonyl (C=O) groups is 1. The Morgan fingerprint density at radius 1 is 1.54 bits per heavy atom. The Kier molecular flexibility index (Phi) is 5.49. The lowest BCUT2D eigenvalue weighted by molar-refractivity contribution is -0.124. The zero-order valence-corrected chi connectivity index (χ0v) is 14.5. The standard InChI is InChI=1S/C14H18FN7O6/c15-8-9(24)14(6-23,19-20-17)28-12(8)22-5-7(10(16)18-13(22)26)11(25)21-1-3-27-4-2-21/h5,8-9,12,23-24H,1-4,6H2,(H2,16,18,26)/t8-,9-,12+,14+/m0/s1. The van der Waals surface area contributed by atoms with E-state index in [0.29, 0.717) is 30.9 Å². The van der Waals surface area contributed by atoms with Gasteiger partial charge in [0.1, 0.15) is 11.9 Å². The molecule has 2 fully saturated rings. The van der Waals surface area contributed by atoms with Crippen molar-refractivity contribution in [3.8, 4) is 0 Å². The number of aliphatic hydroxyl groups excluding tert-OH is 2. The number of nitrogen functional groups attached to an aromatic ring is 1. The number of halogens is 1. The Morgan fingerprint density at radius 3 is 2.82 bits per heavy atom. The molecule has 0 bridgehead atoms. The number of amides is 1. The molecule has 2 aliphatic heterocycles. The van der Waals surface area contributed by atoms with Gasteiger partial charge in [0.25, 0.3) is 5.91 Å². The van der Waals surface area contributed by atoms with E-state index in [9.17, 15) is 24.2 Å². The zero-order chi connectivity index (χ0) is 20.5. The number of morpholine rings is 1. The van der Waals surface area contributed by atoms with E-state index in [1.165, 1.54) is 4.90 Å². The molecule has 0 saturated carbocycles. The van der Waals surface area contributed by atoms with Gasteiger partial charge in [-0.25, -0.2) is 9.18 Å². The van der Waals surface area contributed by atoms with Crippen LogP contribution in [0.4, 0.5) is 10.2 Å². The minimum atomic E-state index is -2.33. The molecule has 0 aromatic carbocycles. The highest BCUT2D eigenvalue weighted by atomic mass is 19.1. The van der Waals surface area contributed by atoms with E-state index in [1.54, 1.807) is 0 Å². The predicted molar refractivity (Wildman–Crippen MR) is 89.6 cm³/mol. The molecule has 3 heterocycles. The summed E-state index contributed by atoms with van der Waals surface area (Å²) in [6.07, 6.45) is -5.14. The summed E-state index contributed by atoms with van der Waals surface area (Å²) in [5, 5.41) is 22.6. The van der Waals surface area contributed by atoms with Crippen molar-refractivity contribution in [1.82, 2.24) is 14.5 Å². The summed E-state index contributed by atoms with van der Waals surface area (Å²) < 4.78 is 25.6. The smallest absolute Gasteiger partial charge is 0.351 e. The highest BCUT2D eigenvalue weighted by molar-refractivity contribution is 5.98. The maximum Gasteiger partial charge on any atom is 0.351 e. The molecule has 1 amide bonds. The van der Waals surface area contributed by atoms with Crippen LogP contribution in [0.2, 0.25) is 0 Å². The van der Waals surface area contributed by atoms with Gasteiger partial charge in [-0.15, -0.1) is 0 Å². The van der Waals surface area contributed by atoms with Gasteiger partial charge >= 0.3 is 5.69 Å². The second-order valence-corrected chi connectivity index (χ2v) is 6.22. The number of rotatable bonds is 4. The summed E-state index contributed by atoms with van der Waals surface area (Å²) in [4.78, 5) is 32.3. The minimum Gasteiger partial charge on any atom is -0.393 e. The molecule has 4 N–H and O–H groups in total. The number of aromatic nitrogens is 2. The Labute approximate surface area is 156 Å². The van der Waals surface area contributed by atoms with Gasteiger partial charge in [0.2, 0.25) is 5.72 Å². The molecular formula is C14H18FN7O6. The number of hydrogen-bond donors (Lipinski definition) is 3. The van der Waals surface area contributed by atoms with Gasteiger partial charge in [-0.3, -0.25) is 9.36 Å². The van der Waals surface area contributed by atoms with Crippen LogP contribution in [0.3, 0.4) is 0 Å². The summed E-state index contributed by atoms with van der Waals surface area (Å²) in [6, 6.07) is 0. The zero-order valence-electron chi connectivity index (χ0n) is 14.5. The van der Waals surface area contributed by atoms with Crippen molar-refractivity contribution >= 4 is 11.7 Å². The molecule has 13 nitrogen and oxygen atoms in total. The topological polar surface area (TPSA) is 189 Å². The molecule has 0 spiro atoms. The summed E-state index contributed by atoms with van der Waals surface area (Å²) in [5.74, 6) is -0.894.